The normalized spacial score (nSPS) is 27.7. The van der Waals surface area contributed by atoms with Crippen molar-refractivity contribution in [2.75, 3.05) is 0 Å². The summed E-state index contributed by atoms with van der Waals surface area (Å²) in [7, 11) is 0. The lowest BCUT2D eigenvalue weighted by Crippen LogP contribution is -2.50. The van der Waals surface area contributed by atoms with Gasteiger partial charge in [0.1, 0.15) is 5.78 Å². The minimum atomic E-state index is 0.232. The van der Waals surface area contributed by atoms with E-state index in [1.54, 1.807) is 0 Å². The molecule has 2 aliphatic heterocycles. The summed E-state index contributed by atoms with van der Waals surface area (Å²) in [5.41, 5.74) is 2.05. The monoisotopic (exact) mass is 294 g/mol. The van der Waals surface area contributed by atoms with Crippen LogP contribution >= 0.6 is 0 Å². The first-order valence-corrected chi connectivity index (χ1v) is 8.41. The summed E-state index contributed by atoms with van der Waals surface area (Å²) in [4.78, 5) is 17.3. The van der Waals surface area contributed by atoms with Crippen LogP contribution in [0.3, 0.4) is 0 Å². The molecular weight excluding hydrogens is 272 g/mol. The van der Waals surface area contributed by atoms with Crippen molar-refractivity contribution in [3.05, 3.63) is 42.1 Å². The van der Waals surface area contributed by atoms with Crippen LogP contribution in [0.1, 0.15) is 37.7 Å². The van der Waals surface area contributed by atoms with E-state index in [2.05, 4.69) is 28.5 Å². The van der Waals surface area contributed by atoms with Crippen molar-refractivity contribution in [3.8, 4) is 0 Å². The molecule has 2 unspecified atom stereocenters. The van der Waals surface area contributed by atoms with E-state index < -0.39 is 0 Å². The van der Waals surface area contributed by atoms with Gasteiger partial charge in [-0.3, -0.25) is 9.78 Å². The largest absolute Gasteiger partial charge is 0.311 e. The average Bonchev–Trinajstić information content (AvgIpc) is 2.55. The molecule has 4 rings (SSSR count). The number of ketones is 1. The van der Waals surface area contributed by atoms with E-state index in [0.29, 0.717) is 24.3 Å². The number of carbonyl (C=O) groups is 1. The summed E-state index contributed by atoms with van der Waals surface area (Å²) in [5, 5.41) is 4.79. The molecule has 1 N–H and O–H groups in total. The van der Waals surface area contributed by atoms with Crippen molar-refractivity contribution in [3.63, 3.8) is 0 Å². The van der Waals surface area contributed by atoms with E-state index in [-0.39, 0.29) is 5.92 Å². The molecule has 0 aliphatic carbocycles. The lowest BCUT2D eigenvalue weighted by atomic mass is 9.77. The Bertz CT molecular complexity index is 679. The molecule has 0 radical (unpaired) electrons. The fourth-order valence-electron chi connectivity index (χ4n) is 4.17. The molecule has 3 heteroatoms. The highest BCUT2D eigenvalue weighted by molar-refractivity contribution is 5.89. The number of benzene rings is 1. The molecule has 2 aliphatic rings. The van der Waals surface area contributed by atoms with Gasteiger partial charge in [-0.15, -0.1) is 0 Å². The van der Waals surface area contributed by atoms with Gasteiger partial charge in [-0.05, 0) is 37.3 Å². The van der Waals surface area contributed by atoms with E-state index in [1.807, 2.05) is 18.3 Å². The van der Waals surface area contributed by atoms with Crippen LogP contribution in [0, 0.1) is 5.92 Å². The van der Waals surface area contributed by atoms with E-state index >= 15 is 0 Å². The minimum Gasteiger partial charge on any atom is -0.311 e. The Hall–Kier alpha value is -1.74. The fourth-order valence-corrected chi connectivity index (χ4v) is 4.17. The van der Waals surface area contributed by atoms with Crippen LogP contribution in [-0.2, 0) is 11.2 Å². The van der Waals surface area contributed by atoms with Gasteiger partial charge in [0.05, 0.1) is 5.52 Å². The Morgan fingerprint density at radius 1 is 1.14 bits per heavy atom. The quantitative estimate of drug-likeness (QED) is 0.944. The number of aromatic nitrogens is 1. The third kappa shape index (κ3) is 2.66. The number of fused-ring (bicyclic) bond motifs is 3. The number of hydrogen-bond acceptors (Lipinski definition) is 3. The molecule has 2 fully saturated rings. The van der Waals surface area contributed by atoms with E-state index in [9.17, 15) is 4.79 Å². The van der Waals surface area contributed by atoms with Crippen LogP contribution in [0.25, 0.3) is 10.9 Å². The first kappa shape index (κ1) is 13.9. The van der Waals surface area contributed by atoms with Gasteiger partial charge in [0, 0.05) is 36.0 Å². The summed E-state index contributed by atoms with van der Waals surface area (Å²) < 4.78 is 0. The van der Waals surface area contributed by atoms with E-state index in [0.717, 1.165) is 29.3 Å². The predicted octanol–water partition coefficient (Wildman–Crippen LogP) is 3.27. The Morgan fingerprint density at radius 3 is 2.73 bits per heavy atom. The van der Waals surface area contributed by atoms with Crippen LogP contribution in [0.5, 0.6) is 0 Å². The first-order chi connectivity index (χ1) is 10.8. The maximum absolute atomic E-state index is 12.8. The maximum atomic E-state index is 12.8. The number of nitrogens with one attached hydrogen (secondary N) is 1. The first-order valence-electron chi connectivity index (χ1n) is 8.41. The zero-order valence-electron chi connectivity index (χ0n) is 12.8. The molecule has 1 aromatic heterocycles. The Balaban J connectivity index is 1.54. The molecular formula is C19H22N2O. The van der Waals surface area contributed by atoms with Gasteiger partial charge in [-0.25, -0.2) is 0 Å². The number of rotatable bonds is 3. The standard InChI is InChI=1S/C19H22N2O/c22-18(15-10-16-7-2-8-17(11-15)21-16)12-14-5-1-4-13-6-3-9-20-19(13)14/h1,3-6,9,15-17,21H,2,7-8,10-12H2. The lowest BCUT2D eigenvalue weighted by molar-refractivity contribution is -0.124. The van der Waals surface area contributed by atoms with Crippen LogP contribution < -0.4 is 5.32 Å². The molecule has 3 heterocycles. The van der Waals surface area contributed by atoms with Gasteiger partial charge >= 0.3 is 0 Å². The number of hydrogen-bond donors (Lipinski definition) is 1. The second-order valence-corrected chi connectivity index (χ2v) is 6.80. The second-order valence-electron chi connectivity index (χ2n) is 6.80. The molecule has 2 atom stereocenters. The van der Waals surface area contributed by atoms with Crippen molar-refractivity contribution in [1.82, 2.24) is 10.3 Å². The smallest absolute Gasteiger partial charge is 0.140 e. The molecule has 2 aromatic rings. The number of para-hydroxylation sites is 1. The summed E-state index contributed by atoms with van der Waals surface area (Å²) in [5.74, 6) is 0.632. The summed E-state index contributed by atoms with van der Waals surface area (Å²) in [6, 6.07) is 11.3. The molecule has 2 bridgehead atoms. The number of carbonyl (C=O) groups excluding carboxylic acids is 1. The zero-order valence-corrected chi connectivity index (χ0v) is 12.8. The van der Waals surface area contributed by atoms with Crippen LogP contribution in [0.4, 0.5) is 0 Å². The Morgan fingerprint density at radius 2 is 1.91 bits per heavy atom. The topological polar surface area (TPSA) is 42.0 Å². The highest BCUT2D eigenvalue weighted by Crippen LogP contribution is 2.31. The SMILES string of the molecule is O=C(Cc1cccc2cccnc12)C1CC2CCCC(C1)N2. The van der Waals surface area contributed by atoms with Gasteiger partial charge in [0.2, 0.25) is 0 Å². The highest BCUT2D eigenvalue weighted by Gasteiger charge is 2.34. The van der Waals surface area contributed by atoms with E-state index in [4.69, 9.17) is 0 Å². The predicted molar refractivity (Wildman–Crippen MR) is 87.7 cm³/mol. The van der Waals surface area contributed by atoms with Crippen molar-refractivity contribution < 1.29 is 4.79 Å². The van der Waals surface area contributed by atoms with Crippen molar-refractivity contribution in [1.29, 1.82) is 0 Å². The number of nitrogens with zero attached hydrogens (tertiary/aromatic N) is 1. The molecule has 1 aromatic carbocycles. The molecule has 22 heavy (non-hydrogen) atoms. The van der Waals surface area contributed by atoms with Crippen molar-refractivity contribution >= 4 is 16.7 Å². The van der Waals surface area contributed by atoms with Gasteiger partial charge in [0.25, 0.3) is 0 Å². The van der Waals surface area contributed by atoms with Crippen LogP contribution in [-0.4, -0.2) is 22.9 Å². The number of piperidine rings is 2. The molecule has 114 valence electrons. The minimum absolute atomic E-state index is 0.232. The molecule has 0 spiro atoms. The molecule has 0 saturated carbocycles. The van der Waals surface area contributed by atoms with Gasteiger partial charge in [-0.2, -0.15) is 0 Å². The van der Waals surface area contributed by atoms with Crippen molar-refractivity contribution in [2.24, 2.45) is 5.92 Å². The second kappa shape index (κ2) is 5.81. The van der Waals surface area contributed by atoms with Gasteiger partial charge in [-0.1, -0.05) is 30.7 Å². The maximum Gasteiger partial charge on any atom is 0.140 e. The Kier molecular flexibility index (Phi) is 3.67. The molecule has 0 amide bonds. The average molecular weight is 294 g/mol. The molecule has 2 saturated heterocycles. The molecule has 3 nitrogen and oxygen atoms in total. The fraction of sp³-hybridized carbons (Fsp3) is 0.474. The van der Waals surface area contributed by atoms with Gasteiger partial charge < -0.3 is 5.32 Å². The van der Waals surface area contributed by atoms with E-state index in [1.165, 1.54) is 19.3 Å². The van der Waals surface area contributed by atoms with Gasteiger partial charge in [0.15, 0.2) is 0 Å². The number of Topliss-reactive ketones (excluding diaryl/α,β-unsaturated/α-hetero) is 1. The third-order valence-electron chi connectivity index (χ3n) is 5.25. The zero-order chi connectivity index (χ0) is 14.9. The highest BCUT2D eigenvalue weighted by atomic mass is 16.1. The lowest BCUT2D eigenvalue weighted by Gasteiger charge is -2.39. The van der Waals surface area contributed by atoms with Crippen LogP contribution in [0.2, 0.25) is 0 Å². The number of pyridine rings is 1. The summed E-state index contributed by atoms with van der Waals surface area (Å²) >= 11 is 0. The third-order valence-corrected chi connectivity index (χ3v) is 5.25. The van der Waals surface area contributed by atoms with Crippen molar-refractivity contribution in [2.45, 2.75) is 50.6 Å². The Labute approximate surface area is 131 Å². The summed E-state index contributed by atoms with van der Waals surface area (Å²) in [6.07, 6.45) is 8.16. The summed E-state index contributed by atoms with van der Waals surface area (Å²) in [6.45, 7) is 0. The van der Waals surface area contributed by atoms with Crippen LogP contribution in [0.15, 0.2) is 36.5 Å².